The number of nitrogens with zero attached hydrogens (tertiary/aromatic N) is 3. The van der Waals surface area contributed by atoms with Crippen molar-refractivity contribution in [1.29, 1.82) is 0 Å². The van der Waals surface area contributed by atoms with Crippen LogP contribution in [0, 0.1) is 13.8 Å². The number of rotatable bonds is 3. The molecule has 0 aliphatic rings. The predicted molar refractivity (Wildman–Crippen MR) is 86.5 cm³/mol. The summed E-state index contributed by atoms with van der Waals surface area (Å²) in [5, 5.41) is 6.18. The Labute approximate surface area is 129 Å². The first-order valence-electron chi connectivity index (χ1n) is 6.71. The van der Waals surface area contributed by atoms with Crippen LogP contribution in [-0.2, 0) is 13.6 Å². The molecule has 0 spiro atoms. The summed E-state index contributed by atoms with van der Waals surface area (Å²) in [6.45, 7) is 4.12. The maximum Gasteiger partial charge on any atom is 0.328 e. The van der Waals surface area contributed by atoms with Crippen LogP contribution < -0.4 is 16.6 Å². The van der Waals surface area contributed by atoms with E-state index in [1.54, 1.807) is 18.4 Å². The monoisotopic (exact) mass is 317 g/mol. The van der Waals surface area contributed by atoms with E-state index >= 15 is 0 Å². The zero-order valence-corrected chi connectivity index (χ0v) is 13.2. The van der Waals surface area contributed by atoms with E-state index < -0.39 is 5.69 Å². The molecule has 0 saturated heterocycles. The third kappa shape index (κ3) is 2.52. The number of thiophene rings is 1. The van der Waals surface area contributed by atoms with Crippen LogP contribution in [0.4, 0.5) is 5.82 Å². The molecule has 0 aliphatic carbocycles. The second kappa shape index (κ2) is 5.38. The molecule has 3 aromatic heterocycles. The van der Waals surface area contributed by atoms with E-state index in [1.165, 1.54) is 10.8 Å². The number of nitrogens with one attached hydrogen (secondary N) is 2. The molecule has 3 rings (SSSR count). The highest BCUT2D eigenvalue weighted by Crippen LogP contribution is 2.29. The SMILES string of the molecule is Cc1nc(NCc2cn(C)c(=O)[nH]c2=O)c2c(C)csc2n1. The highest BCUT2D eigenvalue weighted by Gasteiger charge is 2.11. The standard InChI is InChI=1S/C14H15N5O2S/c1-7-6-22-13-10(7)11(16-8(2)17-13)15-4-9-5-19(3)14(21)18-12(9)20/h5-6H,4H2,1-3H3,(H,15,16,17)(H,18,20,21). The fraction of sp³-hybridized carbons (Fsp3) is 0.286. The number of aromatic amines is 1. The quantitative estimate of drug-likeness (QED) is 0.760. The van der Waals surface area contributed by atoms with Gasteiger partial charge in [0.25, 0.3) is 5.56 Å². The van der Waals surface area contributed by atoms with Gasteiger partial charge in [0.1, 0.15) is 16.5 Å². The Morgan fingerprint density at radius 1 is 1.32 bits per heavy atom. The van der Waals surface area contributed by atoms with Crippen molar-refractivity contribution in [2.75, 3.05) is 5.32 Å². The fourth-order valence-electron chi connectivity index (χ4n) is 2.24. The summed E-state index contributed by atoms with van der Waals surface area (Å²) >= 11 is 1.57. The average molecular weight is 317 g/mol. The largest absolute Gasteiger partial charge is 0.365 e. The summed E-state index contributed by atoms with van der Waals surface area (Å²) in [5.41, 5.74) is 0.749. The Bertz CT molecular complexity index is 970. The molecule has 0 aliphatic heterocycles. The Hall–Kier alpha value is -2.48. The lowest BCUT2D eigenvalue weighted by Gasteiger charge is -2.08. The lowest BCUT2D eigenvalue weighted by Crippen LogP contribution is -2.30. The second-order valence-electron chi connectivity index (χ2n) is 5.10. The highest BCUT2D eigenvalue weighted by atomic mass is 32.1. The summed E-state index contributed by atoms with van der Waals surface area (Å²) in [6.07, 6.45) is 1.53. The van der Waals surface area contributed by atoms with Gasteiger partial charge in [-0.3, -0.25) is 9.78 Å². The van der Waals surface area contributed by atoms with Gasteiger partial charge in [-0.05, 0) is 24.8 Å². The first kappa shape index (κ1) is 14.5. The van der Waals surface area contributed by atoms with Gasteiger partial charge in [0.05, 0.1) is 10.9 Å². The van der Waals surface area contributed by atoms with Crippen LogP contribution in [0.5, 0.6) is 0 Å². The lowest BCUT2D eigenvalue weighted by molar-refractivity contribution is 0.779. The van der Waals surface area contributed by atoms with E-state index in [1.807, 2.05) is 19.2 Å². The fourth-order valence-corrected chi connectivity index (χ4v) is 3.21. The Morgan fingerprint density at radius 3 is 2.86 bits per heavy atom. The van der Waals surface area contributed by atoms with Gasteiger partial charge >= 0.3 is 5.69 Å². The summed E-state index contributed by atoms with van der Waals surface area (Å²) < 4.78 is 1.34. The molecule has 0 radical (unpaired) electrons. The zero-order chi connectivity index (χ0) is 15.9. The first-order chi connectivity index (χ1) is 10.5. The minimum absolute atomic E-state index is 0.282. The second-order valence-corrected chi connectivity index (χ2v) is 5.95. The maximum absolute atomic E-state index is 11.8. The summed E-state index contributed by atoms with van der Waals surface area (Å²) in [6, 6.07) is 0. The van der Waals surface area contributed by atoms with Gasteiger partial charge < -0.3 is 9.88 Å². The molecule has 2 N–H and O–H groups in total. The van der Waals surface area contributed by atoms with Crippen molar-refractivity contribution in [2.24, 2.45) is 7.05 Å². The van der Waals surface area contributed by atoms with Crippen LogP contribution >= 0.6 is 11.3 Å². The van der Waals surface area contributed by atoms with Crippen molar-refractivity contribution >= 4 is 27.4 Å². The lowest BCUT2D eigenvalue weighted by atomic mass is 10.2. The van der Waals surface area contributed by atoms with Crippen molar-refractivity contribution in [3.05, 3.63) is 49.4 Å². The molecular formula is C14H15N5O2S. The van der Waals surface area contributed by atoms with E-state index in [2.05, 4.69) is 20.3 Å². The topological polar surface area (TPSA) is 92.7 Å². The molecule has 22 heavy (non-hydrogen) atoms. The molecule has 3 aromatic rings. The van der Waals surface area contributed by atoms with Crippen LogP contribution in [0.3, 0.4) is 0 Å². The predicted octanol–water partition coefficient (Wildman–Crippen LogP) is 1.31. The minimum atomic E-state index is -0.428. The van der Waals surface area contributed by atoms with Crippen molar-refractivity contribution in [3.63, 3.8) is 0 Å². The normalized spacial score (nSPS) is 11.0. The van der Waals surface area contributed by atoms with Crippen molar-refractivity contribution in [1.82, 2.24) is 19.5 Å². The smallest absolute Gasteiger partial charge is 0.328 e. The maximum atomic E-state index is 11.8. The third-order valence-electron chi connectivity index (χ3n) is 3.36. The summed E-state index contributed by atoms with van der Waals surface area (Å²) in [5.74, 6) is 1.38. The van der Waals surface area contributed by atoms with Crippen LogP contribution in [0.25, 0.3) is 10.2 Å². The van der Waals surface area contributed by atoms with Crippen LogP contribution in [0.1, 0.15) is 17.0 Å². The van der Waals surface area contributed by atoms with E-state index in [0.717, 1.165) is 15.8 Å². The van der Waals surface area contributed by atoms with E-state index in [9.17, 15) is 9.59 Å². The third-order valence-corrected chi connectivity index (χ3v) is 4.35. The summed E-state index contributed by atoms with van der Waals surface area (Å²) in [7, 11) is 1.60. The molecule has 7 nitrogen and oxygen atoms in total. The van der Waals surface area contributed by atoms with E-state index in [0.29, 0.717) is 17.2 Å². The average Bonchev–Trinajstić information content (AvgIpc) is 2.82. The molecule has 0 amide bonds. The van der Waals surface area contributed by atoms with Gasteiger partial charge in [-0.2, -0.15) is 0 Å². The van der Waals surface area contributed by atoms with Crippen LogP contribution in [0.2, 0.25) is 0 Å². The Morgan fingerprint density at radius 2 is 2.09 bits per heavy atom. The number of anilines is 1. The molecule has 3 heterocycles. The molecule has 0 saturated carbocycles. The van der Waals surface area contributed by atoms with Gasteiger partial charge in [0.2, 0.25) is 0 Å². The molecular weight excluding hydrogens is 302 g/mol. The molecule has 0 unspecified atom stereocenters. The Balaban J connectivity index is 1.98. The number of hydrogen-bond acceptors (Lipinski definition) is 6. The number of aromatic nitrogens is 4. The van der Waals surface area contributed by atoms with Gasteiger partial charge in [0, 0.05) is 19.8 Å². The van der Waals surface area contributed by atoms with E-state index in [4.69, 9.17) is 0 Å². The van der Waals surface area contributed by atoms with Crippen LogP contribution in [-0.4, -0.2) is 19.5 Å². The van der Waals surface area contributed by atoms with Gasteiger partial charge in [0.15, 0.2) is 0 Å². The molecule has 0 fully saturated rings. The van der Waals surface area contributed by atoms with E-state index in [-0.39, 0.29) is 12.1 Å². The zero-order valence-electron chi connectivity index (χ0n) is 12.4. The van der Waals surface area contributed by atoms with Gasteiger partial charge in [-0.15, -0.1) is 11.3 Å². The van der Waals surface area contributed by atoms with Crippen LogP contribution in [0.15, 0.2) is 21.2 Å². The number of H-pyrrole nitrogens is 1. The Kier molecular flexibility index (Phi) is 3.53. The molecule has 0 bridgehead atoms. The highest BCUT2D eigenvalue weighted by molar-refractivity contribution is 7.17. The minimum Gasteiger partial charge on any atom is -0.365 e. The number of fused-ring (bicyclic) bond motifs is 1. The molecule has 0 atom stereocenters. The van der Waals surface area contributed by atoms with Crippen molar-refractivity contribution < 1.29 is 0 Å². The van der Waals surface area contributed by atoms with Crippen molar-refractivity contribution in [3.8, 4) is 0 Å². The van der Waals surface area contributed by atoms with Gasteiger partial charge in [-0.25, -0.2) is 14.8 Å². The molecule has 0 aromatic carbocycles. The molecule has 8 heteroatoms. The van der Waals surface area contributed by atoms with Gasteiger partial charge in [-0.1, -0.05) is 0 Å². The van der Waals surface area contributed by atoms with Crippen molar-refractivity contribution in [2.45, 2.75) is 20.4 Å². The number of aryl methyl sites for hydroxylation is 3. The molecule has 114 valence electrons. The first-order valence-corrected chi connectivity index (χ1v) is 7.59. The summed E-state index contributed by atoms with van der Waals surface area (Å²) in [4.78, 5) is 35.2. The number of hydrogen-bond donors (Lipinski definition) is 2.